The first-order valence-electron chi connectivity index (χ1n) is 8.60. The fraction of sp³-hybridized carbons (Fsp3) is 0.400. The Labute approximate surface area is 147 Å². The van der Waals surface area contributed by atoms with Crippen molar-refractivity contribution >= 4 is 11.8 Å². The number of Topliss-reactive ketones (excluding diaryl/α,β-unsaturated/α-hetero) is 1. The van der Waals surface area contributed by atoms with E-state index in [2.05, 4.69) is 4.98 Å². The first-order chi connectivity index (χ1) is 12.0. The van der Waals surface area contributed by atoms with Gasteiger partial charge in [0.2, 0.25) is 0 Å². The Balaban J connectivity index is 1.87. The minimum atomic E-state index is -0.387. The number of aromatic nitrogens is 1. The van der Waals surface area contributed by atoms with Crippen molar-refractivity contribution in [3.8, 4) is 5.75 Å². The molecule has 0 spiro atoms. The summed E-state index contributed by atoms with van der Waals surface area (Å²) in [5.74, 6) is 0.583. The standard InChI is InChI=1S/C20H23NO4/c1-4-9-25-20(23)19-12(2)18-16(21-19)10-14(11-17(18)22)13-5-7-15(24-3)8-6-13/h5-8,14,21H,4,9-11H2,1-3H3. The Hall–Kier alpha value is -2.56. The Morgan fingerprint density at radius 1 is 1.24 bits per heavy atom. The van der Waals surface area contributed by atoms with E-state index in [0.29, 0.717) is 36.3 Å². The van der Waals surface area contributed by atoms with Crippen molar-refractivity contribution in [2.75, 3.05) is 13.7 Å². The highest BCUT2D eigenvalue weighted by atomic mass is 16.5. The van der Waals surface area contributed by atoms with Crippen molar-refractivity contribution in [2.45, 2.75) is 39.0 Å². The van der Waals surface area contributed by atoms with Crippen molar-refractivity contribution < 1.29 is 19.1 Å². The van der Waals surface area contributed by atoms with Gasteiger partial charge in [-0.1, -0.05) is 19.1 Å². The number of H-pyrrole nitrogens is 1. The Morgan fingerprint density at radius 2 is 1.96 bits per heavy atom. The minimum absolute atomic E-state index is 0.0744. The van der Waals surface area contributed by atoms with Crippen molar-refractivity contribution in [2.24, 2.45) is 0 Å². The van der Waals surface area contributed by atoms with E-state index in [1.165, 1.54) is 0 Å². The van der Waals surface area contributed by atoms with Gasteiger partial charge in [0.1, 0.15) is 11.4 Å². The highest BCUT2D eigenvalue weighted by molar-refractivity contribution is 6.03. The van der Waals surface area contributed by atoms with Crippen molar-refractivity contribution in [1.29, 1.82) is 0 Å². The SMILES string of the molecule is CCCOC(=O)c1[nH]c2c(c1C)C(=O)CC(c1ccc(OC)cc1)C2. The minimum Gasteiger partial charge on any atom is -0.497 e. The van der Waals surface area contributed by atoms with Crippen LogP contribution in [0.5, 0.6) is 5.75 Å². The average Bonchev–Trinajstić information content (AvgIpc) is 2.97. The van der Waals surface area contributed by atoms with Crippen molar-refractivity contribution in [3.05, 3.63) is 52.3 Å². The molecule has 132 valence electrons. The van der Waals surface area contributed by atoms with Gasteiger partial charge in [-0.3, -0.25) is 4.79 Å². The van der Waals surface area contributed by atoms with Crippen LogP contribution in [-0.2, 0) is 11.2 Å². The molecule has 1 aliphatic carbocycles. The maximum Gasteiger partial charge on any atom is 0.355 e. The Kier molecular flexibility index (Phi) is 4.93. The number of aromatic amines is 1. The number of esters is 1. The molecule has 0 radical (unpaired) electrons. The Morgan fingerprint density at radius 3 is 2.60 bits per heavy atom. The van der Waals surface area contributed by atoms with Crippen LogP contribution in [0.2, 0.25) is 0 Å². The summed E-state index contributed by atoms with van der Waals surface area (Å²) in [6.07, 6.45) is 1.92. The summed E-state index contributed by atoms with van der Waals surface area (Å²) in [7, 11) is 1.63. The number of nitrogens with one attached hydrogen (secondary N) is 1. The number of hydrogen-bond donors (Lipinski definition) is 1. The smallest absolute Gasteiger partial charge is 0.355 e. The molecule has 1 aromatic carbocycles. The number of ketones is 1. The molecular formula is C20H23NO4. The van der Waals surface area contributed by atoms with Gasteiger partial charge >= 0.3 is 5.97 Å². The van der Waals surface area contributed by atoms with E-state index in [-0.39, 0.29) is 17.7 Å². The van der Waals surface area contributed by atoms with Gasteiger partial charge < -0.3 is 14.5 Å². The lowest BCUT2D eigenvalue weighted by atomic mass is 9.81. The second kappa shape index (κ2) is 7.13. The maximum absolute atomic E-state index is 12.7. The summed E-state index contributed by atoms with van der Waals surface area (Å²) in [5.41, 5.74) is 3.70. The number of fused-ring (bicyclic) bond motifs is 1. The monoisotopic (exact) mass is 341 g/mol. The van der Waals surface area contributed by atoms with Gasteiger partial charge in [-0.25, -0.2) is 4.79 Å². The molecule has 0 bridgehead atoms. The highest BCUT2D eigenvalue weighted by Crippen LogP contribution is 2.35. The number of carbonyl (C=O) groups excluding carboxylic acids is 2. The predicted octanol–water partition coefficient (Wildman–Crippen LogP) is 3.81. The summed E-state index contributed by atoms with van der Waals surface area (Å²) in [6, 6.07) is 7.80. The lowest BCUT2D eigenvalue weighted by Crippen LogP contribution is -2.18. The van der Waals surface area contributed by atoms with Gasteiger partial charge in [-0.05, 0) is 48.9 Å². The molecule has 1 N–H and O–H groups in total. The van der Waals surface area contributed by atoms with Crippen LogP contribution < -0.4 is 4.74 Å². The van der Waals surface area contributed by atoms with Gasteiger partial charge in [0.05, 0.1) is 13.7 Å². The van der Waals surface area contributed by atoms with Crippen LogP contribution in [0.15, 0.2) is 24.3 Å². The largest absolute Gasteiger partial charge is 0.497 e. The van der Waals surface area contributed by atoms with Gasteiger partial charge in [0.25, 0.3) is 0 Å². The lowest BCUT2D eigenvalue weighted by Gasteiger charge is -2.22. The van der Waals surface area contributed by atoms with E-state index in [4.69, 9.17) is 9.47 Å². The molecule has 1 aliphatic rings. The summed E-state index contributed by atoms with van der Waals surface area (Å²) in [5, 5.41) is 0. The fourth-order valence-corrected chi connectivity index (χ4v) is 3.42. The van der Waals surface area contributed by atoms with Crippen LogP contribution in [0.1, 0.15) is 63.4 Å². The zero-order chi connectivity index (χ0) is 18.0. The number of methoxy groups -OCH3 is 1. The summed E-state index contributed by atoms with van der Waals surface area (Å²) >= 11 is 0. The third kappa shape index (κ3) is 3.31. The number of hydrogen-bond acceptors (Lipinski definition) is 4. The molecule has 0 saturated heterocycles. The average molecular weight is 341 g/mol. The number of benzene rings is 1. The lowest BCUT2D eigenvalue weighted by molar-refractivity contribution is 0.0498. The Bertz CT molecular complexity index is 789. The normalized spacial score (nSPS) is 16.4. The second-order valence-electron chi connectivity index (χ2n) is 6.42. The molecule has 5 nitrogen and oxygen atoms in total. The van der Waals surface area contributed by atoms with Gasteiger partial charge in [-0.2, -0.15) is 0 Å². The molecule has 5 heteroatoms. The highest BCUT2D eigenvalue weighted by Gasteiger charge is 2.32. The number of ether oxygens (including phenoxy) is 2. The predicted molar refractivity (Wildman–Crippen MR) is 94.5 cm³/mol. The first kappa shape index (κ1) is 17.3. The zero-order valence-electron chi connectivity index (χ0n) is 14.8. The second-order valence-corrected chi connectivity index (χ2v) is 6.42. The molecular weight excluding hydrogens is 318 g/mol. The molecule has 1 atom stereocenters. The molecule has 0 fully saturated rings. The molecule has 3 rings (SSSR count). The van der Waals surface area contributed by atoms with E-state index < -0.39 is 0 Å². The van der Waals surface area contributed by atoms with Gasteiger partial charge in [0, 0.05) is 17.7 Å². The molecule has 2 aromatic rings. The summed E-state index contributed by atoms with van der Waals surface area (Å²) < 4.78 is 10.4. The van der Waals surface area contributed by atoms with Crippen LogP contribution in [0.25, 0.3) is 0 Å². The van der Waals surface area contributed by atoms with Crippen LogP contribution in [0, 0.1) is 6.92 Å². The quantitative estimate of drug-likeness (QED) is 0.840. The van der Waals surface area contributed by atoms with Crippen LogP contribution in [0.3, 0.4) is 0 Å². The fourth-order valence-electron chi connectivity index (χ4n) is 3.42. The van der Waals surface area contributed by atoms with E-state index in [1.807, 2.05) is 38.1 Å². The van der Waals surface area contributed by atoms with E-state index in [9.17, 15) is 9.59 Å². The van der Waals surface area contributed by atoms with Crippen LogP contribution in [-0.4, -0.2) is 30.5 Å². The molecule has 1 aromatic heterocycles. The van der Waals surface area contributed by atoms with E-state index in [1.54, 1.807) is 7.11 Å². The third-order valence-electron chi connectivity index (χ3n) is 4.72. The molecule has 1 unspecified atom stereocenters. The molecule has 1 heterocycles. The molecule has 25 heavy (non-hydrogen) atoms. The van der Waals surface area contributed by atoms with Gasteiger partial charge in [0.15, 0.2) is 5.78 Å². The van der Waals surface area contributed by atoms with Crippen LogP contribution >= 0.6 is 0 Å². The summed E-state index contributed by atoms with van der Waals surface area (Å²) in [6.45, 7) is 4.14. The maximum atomic E-state index is 12.7. The van der Waals surface area contributed by atoms with E-state index in [0.717, 1.165) is 23.4 Å². The number of carbonyl (C=O) groups is 2. The van der Waals surface area contributed by atoms with Crippen LogP contribution in [0.4, 0.5) is 0 Å². The zero-order valence-corrected chi connectivity index (χ0v) is 14.8. The van der Waals surface area contributed by atoms with Crippen molar-refractivity contribution in [1.82, 2.24) is 4.98 Å². The topological polar surface area (TPSA) is 68.4 Å². The number of rotatable bonds is 5. The molecule has 0 amide bonds. The first-order valence-corrected chi connectivity index (χ1v) is 8.60. The summed E-state index contributed by atoms with van der Waals surface area (Å²) in [4.78, 5) is 28.0. The van der Waals surface area contributed by atoms with E-state index >= 15 is 0 Å². The molecule has 0 saturated carbocycles. The van der Waals surface area contributed by atoms with Gasteiger partial charge in [-0.15, -0.1) is 0 Å². The third-order valence-corrected chi connectivity index (χ3v) is 4.72. The molecule has 0 aliphatic heterocycles. The van der Waals surface area contributed by atoms with Crippen molar-refractivity contribution in [3.63, 3.8) is 0 Å².